The lowest BCUT2D eigenvalue weighted by Crippen LogP contribution is -2.29. The van der Waals surface area contributed by atoms with E-state index in [0.717, 1.165) is 0 Å². The van der Waals surface area contributed by atoms with E-state index in [1.165, 1.54) is 12.0 Å². The van der Waals surface area contributed by atoms with Gasteiger partial charge in [0.2, 0.25) is 0 Å². The Kier molecular flexibility index (Phi) is 2.35. The highest BCUT2D eigenvalue weighted by Crippen LogP contribution is 2.62. The third-order valence-electron chi connectivity index (χ3n) is 5.51. The molecule has 18 heavy (non-hydrogen) atoms. The van der Waals surface area contributed by atoms with Crippen LogP contribution in [0.4, 0.5) is 0 Å². The van der Waals surface area contributed by atoms with Crippen molar-refractivity contribution in [3.8, 4) is 0 Å². The number of rotatable bonds is 1. The molecule has 0 heterocycles. The molecule has 2 bridgehead atoms. The molecular formula is C18H22. The molecule has 3 atom stereocenters. The molecule has 0 aliphatic heterocycles. The third-order valence-corrected chi connectivity index (χ3v) is 5.51. The first kappa shape index (κ1) is 11.8. The van der Waals surface area contributed by atoms with E-state index < -0.39 is 0 Å². The molecule has 0 unspecified atom stereocenters. The van der Waals surface area contributed by atoms with Crippen molar-refractivity contribution in [1.29, 1.82) is 0 Å². The second kappa shape index (κ2) is 3.60. The summed E-state index contributed by atoms with van der Waals surface area (Å²) >= 11 is 0. The molecule has 0 saturated heterocycles. The van der Waals surface area contributed by atoms with Crippen LogP contribution in [0, 0.1) is 10.8 Å². The fourth-order valence-corrected chi connectivity index (χ4v) is 4.07. The minimum absolute atomic E-state index is 0.296. The molecule has 1 aromatic carbocycles. The molecule has 0 saturated carbocycles. The van der Waals surface area contributed by atoms with Crippen LogP contribution in [0.1, 0.15) is 45.6 Å². The molecule has 3 rings (SSSR count). The first-order chi connectivity index (χ1) is 8.47. The van der Waals surface area contributed by atoms with Gasteiger partial charge in [-0.2, -0.15) is 0 Å². The molecule has 1 aromatic rings. The van der Waals surface area contributed by atoms with Crippen molar-refractivity contribution in [1.82, 2.24) is 0 Å². The van der Waals surface area contributed by atoms with E-state index in [4.69, 9.17) is 0 Å². The fraction of sp³-hybridized carbons (Fsp3) is 0.444. The summed E-state index contributed by atoms with van der Waals surface area (Å²) in [6, 6.07) is 10.9. The van der Waals surface area contributed by atoms with Gasteiger partial charge in [0.05, 0.1) is 0 Å². The van der Waals surface area contributed by atoms with Crippen LogP contribution < -0.4 is 0 Å². The minimum Gasteiger partial charge on any atom is -0.0793 e. The van der Waals surface area contributed by atoms with Crippen LogP contribution in [-0.2, 0) is 0 Å². The topological polar surface area (TPSA) is 0 Å². The smallest absolute Gasteiger partial charge is 0.0110 e. The van der Waals surface area contributed by atoms with Crippen LogP contribution >= 0.6 is 0 Å². The van der Waals surface area contributed by atoms with Crippen molar-refractivity contribution >= 4 is 0 Å². The Morgan fingerprint density at radius 3 is 2.33 bits per heavy atom. The zero-order valence-electron chi connectivity index (χ0n) is 11.8. The Morgan fingerprint density at radius 1 is 1.00 bits per heavy atom. The molecule has 0 nitrogen and oxygen atoms in total. The molecule has 0 fully saturated rings. The van der Waals surface area contributed by atoms with Crippen molar-refractivity contribution in [2.45, 2.75) is 40.0 Å². The molecule has 2 aliphatic carbocycles. The number of hydrogen-bond donors (Lipinski definition) is 0. The third kappa shape index (κ3) is 1.38. The Morgan fingerprint density at radius 2 is 1.67 bits per heavy atom. The number of benzene rings is 1. The summed E-state index contributed by atoms with van der Waals surface area (Å²) in [6.45, 7) is 9.48. The van der Waals surface area contributed by atoms with Crippen LogP contribution in [0.15, 0.2) is 53.6 Å². The van der Waals surface area contributed by atoms with E-state index >= 15 is 0 Å². The molecule has 2 aliphatic rings. The number of hydrogen-bond acceptors (Lipinski definition) is 0. The SMILES string of the molecule is CC1=C(C)[C@@]2(C)C[C@]1(C)C=C[C@H]2c1ccccc1. The lowest BCUT2D eigenvalue weighted by atomic mass is 9.63. The van der Waals surface area contributed by atoms with Gasteiger partial charge in [-0.3, -0.25) is 0 Å². The van der Waals surface area contributed by atoms with Crippen LogP contribution in [-0.4, -0.2) is 0 Å². The summed E-state index contributed by atoms with van der Waals surface area (Å²) in [5.74, 6) is 0.532. The van der Waals surface area contributed by atoms with Gasteiger partial charge in [0.15, 0.2) is 0 Å². The van der Waals surface area contributed by atoms with Gasteiger partial charge in [-0.05, 0) is 31.2 Å². The Bertz CT molecular complexity index is 534. The van der Waals surface area contributed by atoms with Crippen LogP contribution in [0.5, 0.6) is 0 Å². The highest BCUT2D eigenvalue weighted by Gasteiger charge is 2.50. The average molecular weight is 238 g/mol. The maximum Gasteiger partial charge on any atom is 0.0110 e. The van der Waals surface area contributed by atoms with Crippen molar-refractivity contribution in [2.75, 3.05) is 0 Å². The average Bonchev–Trinajstić information content (AvgIpc) is 2.50. The summed E-state index contributed by atoms with van der Waals surface area (Å²) in [5.41, 5.74) is 5.23. The molecular weight excluding hydrogens is 216 g/mol. The Balaban J connectivity index is 2.14. The summed E-state index contributed by atoms with van der Waals surface area (Å²) < 4.78 is 0. The summed E-state index contributed by atoms with van der Waals surface area (Å²) in [6.07, 6.45) is 6.14. The lowest BCUT2D eigenvalue weighted by Gasteiger charge is -2.40. The van der Waals surface area contributed by atoms with Gasteiger partial charge in [0, 0.05) is 11.3 Å². The van der Waals surface area contributed by atoms with Gasteiger partial charge in [0.25, 0.3) is 0 Å². The quantitative estimate of drug-likeness (QED) is 0.598. The second-order valence-corrected chi connectivity index (χ2v) is 6.51. The van der Waals surface area contributed by atoms with Gasteiger partial charge in [-0.15, -0.1) is 0 Å². The van der Waals surface area contributed by atoms with Crippen LogP contribution in [0.3, 0.4) is 0 Å². The van der Waals surface area contributed by atoms with E-state index in [2.05, 4.69) is 70.2 Å². The molecule has 0 N–H and O–H groups in total. The van der Waals surface area contributed by atoms with Gasteiger partial charge in [-0.25, -0.2) is 0 Å². The first-order valence-corrected chi connectivity index (χ1v) is 6.90. The van der Waals surface area contributed by atoms with Crippen molar-refractivity contribution in [3.05, 3.63) is 59.2 Å². The predicted molar refractivity (Wildman–Crippen MR) is 77.5 cm³/mol. The largest absolute Gasteiger partial charge is 0.0793 e. The van der Waals surface area contributed by atoms with Gasteiger partial charge in [0.1, 0.15) is 0 Å². The maximum atomic E-state index is 2.44. The van der Waals surface area contributed by atoms with E-state index in [1.54, 1.807) is 11.1 Å². The molecule has 0 aromatic heterocycles. The predicted octanol–water partition coefficient (Wildman–Crippen LogP) is 5.09. The first-order valence-electron chi connectivity index (χ1n) is 6.90. The zero-order valence-corrected chi connectivity index (χ0v) is 11.8. The van der Waals surface area contributed by atoms with E-state index in [0.29, 0.717) is 16.7 Å². The lowest BCUT2D eigenvalue weighted by molar-refractivity contribution is 0.269. The summed E-state index contributed by atoms with van der Waals surface area (Å²) in [4.78, 5) is 0. The second-order valence-electron chi connectivity index (χ2n) is 6.51. The summed E-state index contributed by atoms with van der Waals surface area (Å²) in [7, 11) is 0. The highest BCUT2D eigenvalue weighted by molar-refractivity contribution is 5.45. The fourth-order valence-electron chi connectivity index (χ4n) is 4.07. The molecule has 0 heteroatoms. The summed E-state index contributed by atoms with van der Waals surface area (Å²) in [5, 5.41) is 0. The maximum absolute atomic E-state index is 2.44. The minimum atomic E-state index is 0.296. The van der Waals surface area contributed by atoms with E-state index in [-0.39, 0.29) is 0 Å². The van der Waals surface area contributed by atoms with Gasteiger partial charge >= 0.3 is 0 Å². The standard InChI is InChI=1S/C18H22/c1-13-14(2)18(4)12-17(13,3)11-10-16(18)15-8-6-5-7-9-15/h5-11,16H,12H2,1-4H3/t16-,17-,18+/m0/s1. The highest BCUT2D eigenvalue weighted by atomic mass is 14.5. The Hall–Kier alpha value is -1.30. The van der Waals surface area contributed by atoms with Crippen LogP contribution in [0.25, 0.3) is 0 Å². The molecule has 94 valence electrons. The van der Waals surface area contributed by atoms with E-state index in [1.807, 2.05) is 0 Å². The van der Waals surface area contributed by atoms with Crippen molar-refractivity contribution in [2.24, 2.45) is 10.8 Å². The molecule has 0 spiro atoms. The number of fused-ring (bicyclic) bond motifs is 2. The zero-order chi connectivity index (χ0) is 13.0. The van der Waals surface area contributed by atoms with Crippen LogP contribution in [0.2, 0.25) is 0 Å². The molecule has 0 radical (unpaired) electrons. The van der Waals surface area contributed by atoms with Crippen molar-refractivity contribution in [3.63, 3.8) is 0 Å². The van der Waals surface area contributed by atoms with Gasteiger partial charge in [-0.1, -0.05) is 67.5 Å². The number of allylic oxidation sites excluding steroid dienone is 4. The van der Waals surface area contributed by atoms with E-state index in [9.17, 15) is 0 Å². The van der Waals surface area contributed by atoms with Crippen molar-refractivity contribution < 1.29 is 0 Å². The van der Waals surface area contributed by atoms with Gasteiger partial charge < -0.3 is 0 Å². The Labute approximate surface area is 110 Å². The molecule has 0 amide bonds. The normalized spacial score (nSPS) is 38.3. The monoisotopic (exact) mass is 238 g/mol.